The van der Waals surface area contributed by atoms with Gasteiger partial charge < -0.3 is 10.6 Å². The summed E-state index contributed by atoms with van der Waals surface area (Å²) in [7, 11) is 0. The highest BCUT2D eigenvalue weighted by molar-refractivity contribution is 6.31. The summed E-state index contributed by atoms with van der Waals surface area (Å²) in [6.07, 6.45) is 0. The van der Waals surface area contributed by atoms with E-state index in [1.165, 1.54) is 0 Å². The number of carbonyl (C=O) groups is 1. The number of anilines is 2. The Morgan fingerprint density at radius 3 is 2.36 bits per heavy atom. The summed E-state index contributed by atoms with van der Waals surface area (Å²) in [6.45, 7) is 1.87. The van der Waals surface area contributed by atoms with Crippen molar-refractivity contribution in [2.75, 3.05) is 10.6 Å². The Hall–Kier alpha value is -2.52. The molecule has 0 saturated heterocycles. The van der Waals surface area contributed by atoms with Gasteiger partial charge in [0, 0.05) is 16.1 Å². The van der Waals surface area contributed by atoms with Gasteiger partial charge in [0.2, 0.25) is 0 Å². The molecule has 0 saturated carbocycles. The van der Waals surface area contributed by atoms with E-state index in [9.17, 15) is 4.79 Å². The molecule has 0 spiro atoms. The van der Waals surface area contributed by atoms with Crippen molar-refractivity contribution >= 4 is 39.8 Å². The van der Waals surface area contributed by atoms with Gasteiger partial charge in [-0.15, -0.1) is 0 Å². The Kier molecular flexibility index (Phi) is 3.98. The predicted octanol–water partition coefficient (Wildman–Crippen LogP) is 5.45. The summed E-state index contributed by atoms with van der Waals surface area (Å²) in [4.78, 5) is 12.2. The molecule has 3 rings (SSSR count). The predicted molar refractivity (Wildman–Crippen MR) is 92.8 cm³/mol. The van der Waals surface area contributed by atoms with Crippen LogP contribution in [-0.2, 0) is 0 Å². The van der Waals surface area contributed by atoms with Crippen molar-refractivity contribution < 1.29 is 4.79 Å². The highest BCUT2D eigenvalue weighted by Crippen LogP contribution is 2.25. The SMILES string of the molecule is Cc1c(Cl)cccc1NC(=O)Nc1cccc2ccccc12. The molecular formula is C18H15ClN2O. The third-order valence-electron chi connectivity index (χ3n) is 3.55. The van der Waals surface area contributed by atoms with Gasteiger partial charge in [0.1, 0.15) is 0 Å². The molecule has 110 valence electrons. The number of benzene rings is 3. The lowest BCUT2D eigenvalue weighted by Gasteiger charge is -2.12. The summed E-state index contributed by atoms with van der Waals surface area (Å²) in [5.41, 5.74) is 2.32. The first-order chi connectivity index (χ1) is 10.6. The molecule has 0 radical (unpaired) electrons. The van der Waals surface area contributed by atoms with Crippen molar-refractivity contribution in [3.05, 3.63) is 71.2 Å². The van der Waals surface area contributed by atoms with Crippen LogP contribution in [0.2, 0.25) is 5.02 Å². The second-order valence-corrected chi connectivity index (χ2v) is 5.43. The maximum atomic E-state index is 12.2. The zero-order chi connectivity index (χ0) is 15.5. The summed E-state index contributed by atoms with van der Waals surface area (Å²) < 4.78 is 0. The van der Waals surface area contributed by atoms with Crippen LogP contribution in [0.25, 0.3) is 10.8 Å². The van der Waals surface area contributed by atoms with E-state index in [0.717, 1.165) is 22.0 Å². The van der Waals surface area contributed by atoms with E-state index in [0.29, 0.717) is 10.7 Å². The number of hydrogen-bond acceptors (Lipinski definition) is 1. The Morgan fingerprint density at radius 2 is 1.50 bits per heavy atom. The van der Waals surface area contributed by atoms with Crippen LogP contribution in [0.3, 0.4) is 0 Å². The molecule has 2 amide bonds. The topological polar surface area (TPSA) is 41.1 Å². The Bertz CT molecular complexity index is 840. The second-order valence-electron chi connectivity index (χ2n) is 5.02. The maximum Gasteiger partial charge on any atom is 0.323 e. The molecule has 0 unspecified atom stereocenters. The molecule has 4 heteroatoms. The van der Waals surface area contributed by atoms with E-state index in [1.807, 2.05) is 61.5 Å². The van der Waals surface area contributed by atoms with Gasteiger partial charge in [0.15, 0.2) is 0 Å². The van der Waals surface area contributed by atoms with Gasteiger partial charge in [0.25, 0.3) is 0 Å². The third kappa shape index (κ3) is 2.90. The smallest absolute Gasteiger partial charge is 0.307 e. The lowest BCUT2D eigenvalue weighted by atomic mass is 10.1. The summed E-state index contributed by atoms with van der Waals surface area (Å²) in [5.74, 6) is 0. The molecule has 0 aromatic heterocycles. The summed E-state index contributed by atoms with van der Waals surface area (Å²) in [5, 5.41) is 8.43. The molecule has 0 atom stereocenters. The molecule has 3 nitrogen and oxygen atoms in total. The zero-order valence-electron chi connectivity index (χ0n) is 12.1. The fourth-order valence-corrected chi connectivity index (χ4v) is 2.53. The van der Waals surface area contributed by atoms with Gasteiger partial charge in [0.05, 0.1) is 5.69 Å². The van der Waals surface area contributed by atoms with Gasteiger partial charge in [-0.1, -0.05) is 54.1 Å². The monoisotopic (exact) mass is 310 g/mol. The van der Waals surface area contributed by atoms with Crippen LogP contribution in [-0.4, -0.2) is 6.03 Å². The molecule has 0 aliphatic rings. The quantitative estimate of drug-likeness (QED) is 0.649. The highest BCUT2D eigenvalue weighted by Gasteiger charge is 2.08. The molecule has 0 bridgehead atoms. The van der Waals surface area contributed by atoms with Crippen molar-refractivity contribution in [3.63, 3.8) is 0 Å². The molecule has 3 aromatic rings. The van der Waals surface area contributed by atoms with Crippen LogP contribution in [0.15, 0.2) is 60.7 Å². The van der Waals surface area contributed by atoms with Crippen molar-refractivity contribution in [2.45, 2.75) is 6.92 Å². The van der Waals surface area contributed by atoms with E-state index in [-0.39, 0.29) is 6.03 Å². The first kappa shape index (κ1) is 14.4. The minimum absolute atomic E-state index is 0.290. The maximum absolute atomic E-state index is 12.2. The van der Waals surface area contributed by atoms with Crippen LogP contribution < -0.4 is 10.6 Å². The fourth-order valence-electron chi connectivity index (χ4n) is 2.35. The molecule has 0 aliphatic heterocycles. The average Bonchev–Trinajstić information content (AvgIpc) is 2.52. The Balaban J connectivity index is 1.83. The normalized spacial score (nSPS) is 10.5. The molecule has 2 N–H and O–H groups in total. The van der Waals surface area contributed by atoms with Crippen molar-refractivity contribution in [1.82, 2.24) is 0 Å². The Morgan fingerprint density at radius 1 is 0.864 bits per heavy atom. The van der Waals surface area contributed by atoms with Crippen molar-refractivity contribution in [1.29, 1.82) is 0 Å². The van der Waals surface area contributed by atoms with E-state index >= 15 is 0 Å². The lowest BCUT2D eigenvalue weighted by Crippen LogP contribution is -2.20. The largest absolute Gasteiger partial charge is 0.323 e. The lowest BCUT2D eigenvalue weighted by molar-refractivity contribution is 0.262. The zero-order valence-corrected chi connectivity index (χ0v) is 12.8. The number of amides is 2. The molecular weight excluding hydrogens is 296 g/mol. The number of hydrogen-bond donors (Lipinski definition) is 2. The minimum atomic E-state index is -0.290. The average molecular weight is 311 g/mol. The number of fused-ring (bicyclic) bond motifs is 1. The number of rotatable bonds is 2. The van der Waals surface area contributed by atoms with Gasteiger partial charge in [-0.25, -0.2) is 4.79 Å². The second kappa shape index (κ2) is 6.08. The Labute approximate surface area is 133 Å². The molecule has 0 fully saturated rings. The van der Waals surface area contributed by atoms with E-state index in [4.69, 9.17) is 11.6 Å². The number of nitrogens with one attached hydrogen (secondary N) is 2. The van der Waals surface area contributed by atoms with Gasteiger partial charge in [-0.05, 0) is 36.1 Å². The van der Waals surface area contributed by atoms with Crippen LogP contribution in [0.5, 0.6) is 0 Å². The van der Waals surface area contributed by atoms with Crippen LogP contribution in [0.4, 0.5) is 16.2 Å². The van der Waals surface area contributed by atoms with Crippen LogP contribution in [0, 0.1) is 6.92 Å². The standard InChI is InChI=1S/C18H15ClN2O/c1-12-15(19)9-5-10-16(12)20-18(22)21-17-11-4-7-13-6-2-3-8-14(13)17/h2-11H,1H3,(H2,20,21,22). The highest BCUT2D eigenvalue weighted by atomic mass is 35.5. The van der Waals surface area contributed by atoms with Gasteiger partial charge in [-0.3, -0.25) is 0 Å². The van der Waals surface area contributed by atoms with Gasteiger partial charge >= 0.3 is 6.03 Å². The number of halogens is 1. The number of carbonyl (C=O) groups excluding carboxylic acids is 1. The van der Waals surface area contributed by atoms with Crippen LogP contribution >= 0.6 is 11.6 Å². The fraction of sp³-hybridized carbons (Fsp3) is 0.0556. The van der Waals surface area contributed by atoms with Crippen molar-refractivity contribution in [3.8, 4) is 0 Å². The molecule has 0 aliphatic carbocycles. The van der Waals surface area contributed by atoms with E-state index in [1.54, 1.807) is 6.07 Å². The van der Waals surface area contributed by atoms with E-state index in [2.05, 4.69) is 10.6 Å². The minimum Gasteiger partial charge on any atom is -0.307 e. The first-order valence-corrected chi connectivity index (χ1v) is 7.34. The molecule has 0 heterocycles. The molecule has 3 aromatic carbocycles. The van der Waals surface area contributed by atoms with Gasteiger partial charge in [-0.2, -0.15) is 0 Å². The van der Waals surface area contributed by atoms with Crippen molar-refractivity contribution in [2.24, 2.45) is 0 Å². The summed E-state index contributed by atoms with van der Waals surface area (Å²) in [6, 6.07) is 18.9. The van der Waals surface area contributed by atoms with Crippen LogP contribution in [0.1, 0.15) is 5.56 Å². The molecule has 22 heavy (non-hydrogen) atoms. The third-order valence-corrected chi connectivity index (χ3v) is 3.96. The first-order valence-electron chi connectivity index (χ1n) is 6.96. The summed E-state index contributed by atoms with van der Waals surface area (Å²) >= 11 is 6.06. The number of urea groups is 1. The van der Waals surface area contributed by atoms with E-state index < -0.39 is 0 Å².